The fourth-order valence-electron chi connectivity index (χ4n) is 1.80. The summed E-state index contributed by atoms with van der Waals surface area (Å²) in [5, 5.41) is 9.44. The number of aryl methyl sites for hydroxylation is 1. The van der Waals surface area contributed by atoms with Crippen molar-refractivity contribution in [3.63, 3.8) is 0 Å². The van der Waals surface area contributed by atoms with Crippen LogP contribution in [-0.2, 0) is 0 Å². The highest BCUT2D eigenvalue weighted by molar-refractivity contribution is 5.91. The number of phenols is 1. The highest BCUT2D eigenvalue weighted by atomic mass is 16.5. The quantitative estimate of drug-likeness (QED) is 0.687. The molecular weight excluding hydrogens is 268 g/mol. The first-order valence-electron chi connectivity index (χ1n) is 6.74. The van der Waals surface area contributed by atoms with E-state index in [9.17, 15) is 9.90 Å². The van der Waals surface area contributed by atoms with Crippen molar-refractivity contribution in [3.8, 4) is 17.2 Å². The van der Waals surface area contributed by atoms with Gasteiger partial charge in [0.2, 0.25) is 0 Å². The largest absolute Gasteiger partial charge is 0.508 e. The molecule has 0 amide bonds. The van der Waals surface area contributed by atoms with Gasteiger partial charge < -0.3 is 14.6 Å². The molecule has 0 unspecified atom stereocenters. The van der Waals surface area contributed by atoms with Gasteiger partial charge in [-0.15, -0.1) is 0 Å². The van der Waals surface area contributed by atoms with Gasteiger partial charge in [0, 0.05) is 0 Å². The van der Waals surface area contributed by atoms with Crippen LogP contribution in [0.3, 0.4) is 0 Å². The predicted molar refractivity (Wildman–Crippen MR) is 80.0 cm³/mol. The van der Waals surface area contributed by atoms with Crippen LogP contribution in [0.4, 0.5) is 0 Å². The van der Waals surface area contributed by atoms with E-state index in [1.807, 2.05) is 13.8 Å². The lowest BCUT2D eigenvalue weighted by Crippen LogP contribution is -2.09. The van der Waals surface area contributed by atoms with Gasteiger partial charge in [0.25, 0.3) is 0 Å². The summed E-state index contributed by atoms with van der Waals surface area (Å²) in [6.45, 7) is 5.62. The molecule has 0 aliphatic rings. The molecule has 0 saturated heterocycles. The molecule has 2 aromatic carbocycles. The summed E-state index contributed by atoms with van der Waals surface area (Å²) in [5.41, 5.74) is 1.10. The van der Waals surface area contributed by atoms with E-state index in [2.05, 4.69) is 0 Å². The lowest BCUT2D eigenvalue weighted by atomic mass is 10.2. The molecule has 4 heteroatoms. The number of hydrogen-bond donors (Lipinski definition) is 1. The van der Waals surface area contributed by atoms with E-state index in [1.165, 1.54) is 6.07 Å². The van der Waals surface area contributed by atoms with E-state index >= 15 is 0 Å². The predicted octanol–water partition coefficient (Wildman–Crippen LogP) is 3.71. The third-order valence-electron chi connectivity index (χ3n) is 2.84. The number of ether oxygens (including phenoxy) is 2. The van der Waals surface area contributed by atoms with Gasteiger partial charge in [-0.25, -0.2) is 4.79 Å². The van der Waals surface area contributed by atoms with Crippen LogP contribution in [0.5, 0.6) is 17.2 Å². The van der Waals surface area contributed by atoms with Crippen LogP contribution in [0.2, 0.25) is 0 Å². The smallest absolute Gasteiger partial charge is 0.343 e. The van der Waals surface area contributed by atoms with Gasteiger partial charge >= 0.3 is 5.97 Å². The number of hydrogen-bond acceptors (Lipinski definition) is 4. The number of phenolic OH excluding ortho intramolecular Hbond substituents is 1. The van der Waals surface area contributed by atoms with Crippen LogP contribution in [0.15, 0.2) is 42.5 Å². The van der Waals surface area contributed by atoms with E-state index in [4.69, 9.17) is 9.47 Å². The molecule has 0 aliphatic heterocycles. The molecule has 0 bridgehead atoms. The van der Waals surface area contributed by atoms with Crippen molar-refractivity contribution in [1.29, 1.82) is 0 Å². The van der Waals surface area contributed by atoms with Crippen LogP contribution in [0.25, 0.3) is 0 Å². The molecule has 0 atom stereocenters. The van der Waals surface area contributed by atoms with Gasteiger partial charge in [0.1, 0.15) is 17.2 Å². The second kappa shape index (κ2) is 6.31. The Labute approximate surface area is 123 Å². The van der Waals surface area contributed by atoms with E-state index in [1.54, 1.807) is 43.3 Å². The maximum Gasteiger partial charge on any atom is 0.343 e. The van der Waals surface area contributed by atoms with Crippen molar-refractivity contribution in [3.05, 3.63) is 53.6 Å². The molecule has 0 saturated carbocycles. The molecule has 0 radical (unpaired) electrons. The van der Waals surface area contributed by atoms with Crippen molar-refractivity contribution < 1.29 is 19.4 Å². The van der Waals surface area contributed by atoms with E-state index in [-0.39, 0.29) is 11.9 Å². The van der Waals surface area contributed by atoms with Crippen molar-refractivity contribution >= 4 is 5.97 Å². The molecule has 4 nitrogen and oxygen atoms in total. The Hall–Kier alpha value is -2.49. The van der Waals surface area contributed by atoms with E-state index in [0.717, 1.165) is 0 Å². The molecule has 0 aliphatic carbocycles. The van der Waals surface area contributed by atoms with Crippen molar-refractivity contribution in [2.75, 3.05) is 0 Å². The average Bonchev–Trinajstić information content (AvgIpc) is 2.43. The fourth-order valence-corrected chi connectivity index (χ4v) is 1.80. The number of esters is 1. The number of aromatic hydroxyl groups is 1. The molecular formula is C17H18O4. The monoisotopic (exact) mass is 286 g/mol. The van der Waals surface area contributed by atoms with Gasteiger partial charge in [0.15, 0.2) is 0 Å². The molecule has 2 aromatic rings. The Morgan fingerprint density at radius 3 is 2.24 bits per heavy atom. The zero-order valence-corrected chi connectivity index (χ0v) is 12.3. The minimum absolute atomic E-state index is 0.0859. The second-order valence-corrected chi connectivity index (χ2v) is 5.03. The molecule has 21 heavy (non-hydrogen) atoms. The third kappa shape index (κ3) is 3.99. The van der Waals surface area contributed by atoms with Crippen molar-refractivity contribution in [1.82, 2.24) is 0 Å². The summed E-state index contributed by atoms with van der Waals surface area (Å²) in [5.74, 6) is 0.834. The molecule has 1 N–H and O–H groups in total. The van der Waals surface area contributed by atoms with Crippen LogP contribution in [0.1, 0.15) is 29.8 Å². The normalized spacial score (nSPS) is 10.5. The molecule has 0 heterocycles. The van der Waals surface area contributed by atoms with Crippen molar-refractivity contribution in [2.24, 2.45) is 0 Å². The zero-order valence-electron chi connectivity index (χ0n) is 12.3. The minimum Gasteiger partial charge on any atom is -0.508 e. The van der Waals surface area contributed by atoms with E-state index < -0.39 is 5.97 Å². The Morgan fingerprint density at radius 1 is 1.05 bits per heavy atom. The Morgan fingerprint density at radius 2 is 1.67 bits per heavy atom. The Kier molecular flexibility index (Phi) is 4.48. The first-order chi connectivity index (χ1) is 9.95. The topological polar surface area (TPSA) is 55.8 Å². The fraction of sp³-hybridized carbons (Fsp3) is 0.235. The van der Waals surface area contributed by atoms with Crippen LogP contribution < -0.4 is 9.47 Å². The second-order valence-electron chi connectivity index (χ2n) is 5.03. The lowest BCUT2D eigenvalue weighted by molar-refractivity contribution is 0.0734. The maximum absolute atomic E-state index is 12.0. The number of rotatable bonds is 4. The summed E-state index contributed by atoms with van der Waals surface area (Å²) >= 11 is 0. The molecule has 0 fully saturated rings. The number of benzene rings is 2. The standard InChI is InChI=1S/C17H18O4/c1-11(2)20-14-6-4-13(5-7-14)17(19)21-15-8-9-16(18)12(3)10-15/h4-11,18H,1-3H3. The molecule has 0 spiro atoms. The lowest BCUT2D eigenvalue weighted by Gasteiger charge is -2.10. The zero-order chi connectivity index (χ0) is 15.4. The van der Waals surface area contributed by atoms with Crippen molar-refractivity contribution in [2.45, 2.75) is 26.9 Å². The Bertz CT molecular complexity index is 630. The van der Waals surface area contributed by atoms with Gasteiger partial charge in [0.05, 0.1) is 11.7 Å². The highest BCUT2D eigenvalue weighted by Gasteiger charge is 2.10. The SMILES string of the molecule is Cc1cc(OC(=O)c2ccc(OC(C)C)cc2)ccc1O. The number of carbonyl (C=O) groups excluding carboxylic acids is 1. The van der Waals surface area contributed by atoms with Gasteiger partial charge in [-0.3, -0.25) is 0 Å². The molecule has 110 valence electrons. The highest BCUT2D eigenvalue weighted by Crippen LogP contribution is 2.23. The molecule has 0 aromatic heterocycles. The van der Waals surface area contributed by atoms with Crippen LogP contribution in [0, 0.1) is 6.92 Å². The maximum atomic E-state index is 12.0. The number of carbonyl (C=O) groups is 1. The third-order valence-corrected chi connectivity index (χ3v) is 2.84. The average molecular weight is 286 g/mol. The van der Waals surface area contributed by atoms with Crippen LogP contribution >= 0.6 is 0 Å². The van der Waals surface area contributed by atoms with Gasteiger partial charge in [-0.05, 0) is 68.8 Å². The summed E-state index contributed by atoms with van der Waals surface area (Å²) in [6.07, 6.45) is 0.0859. The van der Waals surface area contributed by atoms with Gasteiger partial charge in [-0.1, -0.05) is 0 Å². The summed E-state index contributed by atoms with van der Waals surface area (Å²) in [6, 6.07) is 11.5. The van der Waals surface area contributed by atoms with E-state index in [0.29, 0.717) is 22.6 Å². The first kappa shape index (κ1) is 14.9. The molecule has 2 rings (SSSR count). The summed E-state index contributed by atoms with van der Waals surface area (Å²) < 4.78 is 10.8. The summed E-state index contributed by atoms with van der Waals surface area (Å²) in [4.78, 5) is 12.0. The van der Waals surface area contributed by atoms with Crippen LogP contribution in [-0.4, -0.2) is 17.2 Å². The van der Waals surface area contributed by atoms with Gasteiger partial charge in [-0.2, -0.15) is 0 Å². The summed E-state index contributed by atoms with van der Waals surface area (Å²) in [7, 11) is 0. The minimum atomic E-state index is -0.448. The first-order valence-corrected chi connectivity index (χ1v) is 6.74. The Balaban J connectivity index is 2.07.